The van der Waals surface area contributed by atoms with E-state index in [4.69, 9.17) is 9.47 Å². The Bertz CT molecular complexity index is 866. The first kappa shape index (κ1) is 21.3. The van der Waals surface area contributed by atoms with E-state index in [-0.39, 0.29) is 24.8 Å². The van der Waals surface area contributed by atoms with E-state index in [1.165, 1.54) is 0 Å². The van der Waals surface area contributed by atoms with Crippen LogP contribution in [0.1, 0.15) is 12.8 Å². The van der Waals surface area contributed by atoms with Crippen molar-refractivity contribution in [2.24, 2.45) is 0 Å². The predicted octanol–water partition coefficient (Wildman–Crippen LogP) is 4.88. The summed E-state index contributed by atoms with van der Waals surface area (Å²) in [5.74, 6) is 1.78. The summed E-state index contributed by atoms with van der Waals surface area (Å²) in [5, 5.41) is 4.38. The summed E-state index contributed by atoms with van der Waals surface area (Å²) >= 11 is 0. The number of rotatable bonds is 4. The maximum absolute atomic E-state index is 6.08. The van der Waals surface area contributed by atoms with Gasteiger partial charge < -0.3 is 14.8 Å². The molecule has 0 amide bonds. The van der Waals surface area contributed by atoms with E-state index in [0.29, 0.717) is 6.10 Å². The first-order chi connectivity index (χ1) is 12.3. The summed E-state index contributed by atoms with van der Waals surface area (Å²) in [6, 6.07) is 16.3. The molecule has 1 aliphatic heterocycles. The average molecular weight is 407 g/mol. The summed E-state index contributed by atoms with van der Waals surface area (Å²) in [4.78, 5) is 4.56. The van der Waals surface area contributed by atoms with Crippen molar-refractivity contribution in [1.82, 2.24) is 10.3 Å². The SMILES string of the molecule is COc1cccc2ncc(-c3ccc(OC4CCNCC4)cc3)cc12.Cl.Cl. The molecule has 1 aromatic heterocycles. The van der Waals surface area contributed by atoms with Crippen LogP contribution in [0.25, 0.3) is 22.0 Å². The number of ether oxygens (including phenoxy) is 2. The van der Waals surface area contributed by atoms with Crippen molar-refractivity contribution < 1.29 is 9.47 Å². The number of fused-ring (bicyclic) bond motifs is 1. The Balaban J connectivity index is 0.00000131. The molecular weight excluding hydrogens is 383 g/mol. The zero-order valence-electron chi connectivity index (χ0n) is 15.2. The second-order valence-electron chi connectivity index (χ2n) is 6.34. The summed E-state index contributed by atoms with van der Waals surface area (Å²) in [7, 11) is 1.69. The van der Waals surface area contributed by atoms with Gasteiger partial charge in [-0.3, -0.25) is 4.98 Å². The molecule has 6 heteroatoms. The Hall–Kier alpha value is -2.01. The van der Waals surface area contributed by atoms with Crippen LogP contribution >= 0.6 is 24.8 Å². The highest BCUT2D eigenvalue weighted by Gasteiger charge is 2.14. The van der Waals surface area contributed by atoms with Crippen molar-refractivity contribution in [1.29, 1.82) is 0 Å². The van der Waals surface area contributed by atoms with Gasteiger partial charge in [0.15, 0.2) is 0 Å². The van der Waals surface area contributed by atoms with E-state index in [2.05, 4.69) is 28.5 Å². The number of pyridine rings is 1. The minimum absolute atomic E-state index is 0. The lowest BCUT2D eigenvalue weighted by Gasteiger charge is -2.23. The normalized spacial score (nSPS) is 14.1. The molecule has 4 nitrogen and oxygen atoms in total. The Labute approximate surface area is 172 Å². The molecule has 0 aliphatic carbocycles. The monoisotopic (exact) mass is 406 g/mol. The molecule has 2 heterocycles. The Morgan fingerprint density at radius 1 is 0.963 bits per heavy atom. The number of piperidine rings is 1. The third kappa shape index (κ3) is 4.83. The molecular formula is C21H24Cl2N2O2. The lowest BCUT2D eigenvalue weighted by Crippen LogP contribution is -2.34. The molecule has 0 saturated carbocycles. The average Bonchev–Trinajstić information content (AvgIpc) is 2.68. The van der Waals surface area contributed by atoms with Gasteiger partial charge in [-0.1, -0.05) is 18.2 Å². The second kappa shape index (κ2) is 9.79. The standard InChI is InChI=1S/C21H22N2O2.2ClH/c1-24-21-4-2-3-20-19(21)13-16(14-23-20)15-5-7-17(8-6-15)25-18-9-11-22-12-10-18;;/h2-8,13-14,18,22H,9-12H2,1H3;2*1H. The van der Waals surface area contributed by atoms with Gasteiger partial charge in [0.2, 0.25) is 0 Å². The fraction of sp³-hybridized carbons (Fsp3) is 0.286. The van der Waals surface area contributed by atoms with Gasteiger partial charge in [-0.2, -0.15) is 0 Å². The van der Waals surface area contributed by atoms with Crippen molar-refractivity contribution in [2.75, 3.05) is 20.2 Å². The molecule has 0 spiro atoms. The zero-order valence-corrected chi connectivity index (χ0v) is 16.8. The number of benzene rings is 2. The Kier molecular flexibility index (Phi) is 7.72. The number of halogens is 2. The van der Waals surface area contributed by atoms with Crippen LogP contribution in [0.2, 0.25) is 0 Å². The van der Waals surface area contributed by atoms with Gasteiger partial charge >= 0.3 is 0 Å². The molecule has 144 valence electrons. The number of methoxy groups -OCH3 is 1. The number of nitrogens with one attached hydrogen (secondary N) is 1. The fourth-order valence-corrected chi connectivity index (χ4v) is 3.29. The Morgan fingerprint density at radius 2 is 1.70 bits per heavy atom. The van der Waals surface area contributed by atoms with Crippen molar-refractivity contribution in [3.05, 3.63) is 54.7 Å². The highest BCUT2D eigenvalue weighted by atomic mass is 35.5. The van der Waals surface area contributed by atoms with Gasteiger partial charge in [-0.15, -0.1) is 24.8 Å². The third-order valence-electron chi connectivity index (χ3n) is 4.68. The molecule has 3 aromatic rings. The molecule has 4 rings (SSSR count). The number of hydrogen-bond donors (Lipinski definition) is 1. The lowest BCUT2D eigenvalue weighted by atomic mass is 10.0. The minimum Gasteiger partial charge on any atom is -0.496 e. The maximum Gasteiger partial charge on any atom is 0.128 e. The van der Waals surface area contributed by atoms with Crippen LogP contribution in [0.4, 0.5) is 0 Å². The van der Waals surface area contributed by atoms with E-state index < -0.39 is 0 Å². The van der Waals surface area contributed by atoms with Gasteiger partial charge in [-0.05, 0) is 61.8 Å². The van der Waals surface area contributed by atoms with Gasteiger partial charge in [-0.25, -0.2) is 0 Å². The van der Waals surface area contributed by atoms with Crippen LogP contribution in [0, 0.1) is 0 Å². The number of hydrogen-bond acceptors (Lipinski definition) is 4. The molecule has 0 atom stereocenters. The molecule has 2 aromatic carbocycles. The van der Waals surface area contributed by atoms with Crippen LogP contribution in [-0.2, 0) is 0 Å². The zero-order chi connectivity index (χ0) is 17.1. The summed E-state index contributed by atoms with van der Waals surface area (Å²) < 4.78 is 11.5. The molecule has 0 bridgehead atoms. The largest absolute Gasteiger partial charge is 0.496 e. The van der Waals surface area contributed by atoms with Crippen molar-refractivity contribution >= 4 is 35.7 Å². The van der Waals surface area contributed by atoms with E-state index in [1.54, 1.807) is 7.11 Å². The van der Waals surface area contributed by atoms with Gasteiger partial charge in [0.1, 0.15) is 17.6 Å². The first-order valence-corrected chi connectivity index (χ1v) is 8.74. The maximum atomic E-state index is 6.08. The molecule has 0 radical (unpaired) electrons. The van der Waals surface area contributed by atoms with Crippen LogP contribution in [0.3, 0.4) is 0 Å². The lowest BCUT2D eigenvalue weighted by molar-refractivity contribution is 0.162. The van der Waals surface area contributed by atoms with E-state index in [1.807, 2.05) is 36.5 Å². The quantitative estimate of drug-likeness (QED) is 0.669. The highest BCUT2D eigenvalue weighted by molar-refractivity contribution is 5.88. The highest BCUT2D eigenvalue weighted by Crippen LogP contribution is 2.30. The van der Waals surface area contributed by atoms with Crippen molar-refractivity contribution in [2.45, 2.75) is 18.9 Å². The second-order valence-corrected chi connectivity index (χ2v) is 6.34. The van der Waals surface area contributed by atoms with Gasteiger partial charge in [0.05, 0.1) is 12.6 Å². The number of aromatic nitrogens is 1. The fourth-order valence-electron chi connectivity index (χ4n) is 3.29. The van der Waals surface area contributed by atoms with Crippen LogP contribution in [-0.4, -0.2) is 31.3 Å². The summed E-state index contributed by atoms with van der Waals surface area (Å²) in [6.45, 7) is 2.07. The first-order valence-electron chi connectivity index (χ1n) is 8.74. The molecule has 27 heavy (non-hydrogen) atoms. The molecule has 1 aliphatic rings. The summed E-state index contributed by atoms with van der Waals surface area (Å²) in [6.07, 6.45) is 4.36. The van der Waals surface area contributed by atoms with Crippen LogP contribution in [0.5, 0.6) is 11.5 Å². The van der Waals surface area contributed by atoms with E-state index in [0.717, 1.165) is 59.5 Å². The Morgan fingerprint density at radius 3 is 2.41 bits per heavy atom. The number of nitrogens with zero attached hydrogens (tertiary/aromatic N) is 1. The molecule has 0 unspecified atom stereocenters. The third-order valence-corrected chi connectivity index (χ3v) is 4.68. The van der Waals surface area contributed by atoms with Crippen molar-refractivity contribution in [3.8, 4) is 22.6 Å². The molecule has 1 fully saturated rings. The van der Waals surface area contributed by atoms with Crippen molar-refractivity contribution in [3.63, 3.8) is 0 Å². The van der Waals surface area contributed by atoms with E-state index in [9.17, 15) is 0 Å². The van der Waals surface area contributed by atoms with Gasteiger partial charge in [0, 0.05) is 17.1 Å². The van der Waals surface area contributed by atoms with Crippen LogP contribution in [0.15, 0.2) is 54.7 Å². The van der Waals surface area contributed by atoms with Crippen LogP contribution < -0.4 is 14.8 Å². The van der Waals surface area contributed by atoms with E-state index >= 15 is 0 Å². The minimum atomic E-state index is 0. The molecule has 1 N–H and O–H groups in total. The van der Waals surface area contributed by atoms with Gasteiger partial charge in [0.25, 0.3) is 0 Å². The topological polar surface area (TPSA) is 43.4 Å². The molecule has 1 saturated heterocycles. The predicted molar refractivity (Wildman–Crippen MR) is 115 cm³/mol. The smallest absolute Gasteiger partial charge is 0.128 e. The summed E-state index contributed by atoms with van der Waals surface area (Å²) in [5.41, 5.74) is 3.14.